The predicted molar refractivity (Wildman–Crippen MR) is 76.8 cm³/mol. The summed E-state index contributed by atoms with van der Waals surface area (Å²) in [5.41, 5.74) is 0.525. The van der Waals surface area contributed by atoms with Crippen molar-refractivity contribution in [1.82, 2.24) is 5.32 Å². The highest BCUT2D eigenvalue weighted by molar-refractivity contribution is 5.82. The summed E-state index contributed by atoms with van der Waals surface area (Å²) in [5.74, 6) is 0.0381. The summed E-state index contributed by atoms with van der Waals surface area (Å²) in [6.07, 6.45) is 3.56. The Hall–Kier alpha value is -2.30. The molecule has 0 atom stereocenters. The maximum atomic E-state index is 11.4. The first kappa shape index (κ1) is 15.8. The smallest absolute Gasteiger partial charge is 0.407 e. The first-order chi connectivity index (χ1) is 9.31. The van der Waals surface area contributed by atoms with E-state index in [9.17, 15) is 14.7 Å². The van der Waals surface area contributed by atoms with Gasteiger partial charge in [-0.1, -0.05) is 18.2 Å². The van der Waals surface area contributed by atoms with Crippen molar-refractivity contribution in [2.24, 2.45) is 0 Å². The van der Waals surface area contributed by atoms with Gasteiger partial charge in [-0.25, -0.2) is 4.79 Å². The average Bonchev–Trinajstić information content (AvgIpc) is 2.33. The number of benzene rings is 1. The van der Waals surface area contributed by atoms with Crippen LogP contribution < -0.4 is 5.32 Å². The minimum absolute atomic E-state index is 0.0381. The van der Waals surface area contributed by atoms with Gasteiger partial charge in [-0.2, -0.15) is 0 Å². The third-order valence-electron chi connectivity index (χ3n) is 2.26. The molecule has 5 heteroatoms. The molecule has 1 rings (SSSR count). The van der Waals surface area contributed by atoms with Crippen LogP contribution >= 0.6 is 0 Å². The summed E-state index contributed by atoms with van der Waals surface area (Å²) in [6.45, 7) is 5.65. The fourth-order valence-electron chi connectivity index (χ4n) is 1.46. The molecule has 108 valence electrons. The van der Waals surface area contributed by atoms with Crippen LogP contribution in [-0.4, -0.2) is 29.6 Å². The van der Waals surface area contributed by atoms with Gasteiger partial charge in [-0.3, -0.25) is 4.79 Å². The van der Waals surface area contributed by atoms with Crippen molar-refractivity contribution < 1.29 is 19.4 Å². The van der Waals surface area contributed by atoms with Crippen molar-refractivity contribution in [2.75, 3.05) is 6.54 Å². The molecule has 1 aromatic carbocycles. The van der Waals surface area contributed by atoms with Gasteiger partial charge in [0.15, 0.2) is 6.29 Å². The van der Waals surface area contributed by atoms with Gasteiger partial charge in [0.05, 0.1) is 0 Å². The number of aldehydes is 1. The molecule has 5 nitrogen and oxygen atoms in total. The second-order valence-electron chi connectivity index (χ2n) is 5.22. The Labute approximate surface area is 118 Å². The number of nitrogens with one attached hydrogen (secondary N) is 1. The molecule has 0 aliphatic rings. The molecule has 0 bridgehead atoms. The molecule has 0 saturated heterocycles. The van der Waals surface area contributed by atoms with Gasteiger partial charge >= 0.3 is 6.09 Å². The van der Waals surface area contributed by atoms with Gasteiger partial charge < -0.3 is 15.2 Å². The molecule has 0 aromatic heterocycles. The minimum atomic E-state index is -0.532. The van der Waals surface area contributed by atoms with E-state index in [1.807, 2.05) is 0 Å². The Morgan fingerprint density at radius 1 is 1.35 bits per heavy atom. The number of amides is 1. The van der Waals surface area contributed by atoms with E-state index in [1.54, 1.807) is 39.0 Å². The quantitative estimate of drug-likeness (QED) is 0.830. The van der Waals surface area contributed by atoms with Gasteiger partial charge in [0.1, 0.15) is 11.4 Å². The summed E-state index contributed by atoms with van der Waals surface area (Å²) >= 11 is 0. The topological polar surface area (TPSA) is 75.6 Å². The van der Waals surface area contributed by atoms with Crippen molar-refractivity contribution in [2.45, 2.75) is 26.4 Å². The fraction of sp³-hybridized carbons (Fsp3) is 0.333. The van der Waals surface area contributed by atoms with Crippen molar-refractivity contribution in [3.8, 4) is 5.75 Å². The number of carbonyl (C=O) groups excluding carboxylic acids is 2. The highest BCUT2D eigenvalue weighted by Gasteiger charge is 2.14. The number of carbonyl (C=O) groups is 2. The van der Waals surface area contributed by atoms with Crippen molar-refractivity contribution in [3.05, 3.63) is 35.4 Å². The van der Waals surface area contributed by atoms with Crippen LogP contribution in [0.1, 0.15) is 36.7 Å². The minimum Gasteiger partial charge on any atom is -0.508 e. The lowest BCUT2D eigenvalue weighted by atomic mass is 10.1. The van der Waals surface area contributed by atoms with Gasteiger partial charge in [-0.15, -0.1) is 0 Å². The number of aromatic hydroxyl groups is 1. The molecule has 0 unspecified atom stereocenters. The van der Waals surface area contributed by atoms with Gasteiger partial charge in [0, 0.05) is 12.1 Å². The SMILES string of the molecule is CC(C)(C)OC(=O)NCC=Cc1ccc(O)cc1C=O. The molecule has 0 aliphatic carbocycles. The number of alkyl carbamates (subject to hydrolysis) is 1. The molecule has 0 aliphatic heterocycles. The van der Waals surface area contributed by atoms with Crippen LogP contribution in [0.15, 0.2) is 24.3 Å². The van der Waals surface area contributed by atoms with Crippen LogP contribution in [0.25, 0.3) is 6.08 Å². The molecule has 20 heavy (non-hydrogen) atoms. The van der Waals surface area contributed by atoms with Crippen LogP contribution in [0.3, 0.4) is 0 Å². The summed E-state index contributed by atoms with van der Waals surface area (Å²) in [6, 6.07) is 4.50. The van der Waals surface area contributed by atoms with E-state index < -0.39 is 11.7 Å². The lowest BCUT2D eigenvalue weighted by Gasteiger charge is -2.19. The third-order valence-corrected chi connectivity index (χ3v) is 2.26. The van der Waals surface area contributed by atoms with Gasteiger partial charge in [0.2, 0.25) is 0 Å². The summed E-state index contributed by atoms with van der Waals surface area (Å²) in [4.78, 5) is 22.2. The normalized spacial score (nSPS) is 11.3. The maximum absolute atomic E-state index is 11.4. The molecule has 0 radical (unpaired) electrons. The predicted octanol–water partition coefficient (Wildman–Crippen LogP) is 2.74. The Balaban J connectivity index is 2.54. The Morgan fingerprint density at radius 3 is 2.65 bits per heavy atom. The average molecular weight is 277 g/mol. The largest absolute Gasteiger partial charge is 0.508 e. The maximum Gasteiger partial charge on any atom is 0.407 e. The van der Waals surface area contributed by atoms with E-state index in [2.05, 4.69) is 5.32 Å². The van der Waals surface area contributed by atoms with E-state index in [1.165, 1.54) is 12.1 Å². The summed E-state index contributed by atoms with van der Waals surface area (Å²) < 4.78 is 5.08. The zero-order chi connectivity index (χ0) is 15.2. The Morgan fingerprint density at radius 2 is 2.05 bits per heavy atom. The van der Waals surface area contributed by atoms with Gasteiger partial charge in [0.25, 0.3) is 0 Å². The van der Waals surface area contributed by atoms with E-state index in [4.69, 9.17) is 4.74 Å². The molecule has 2 N–H and O–H groups in total. The van der Waals surface area contributed by atoms with Crippen molar-refractivity contribution >= 4 is 18.5 Å². The number of phenolic OH excluding ortho intramolecular Hbond substituents is 1. The van der Waals surface area contributed by atoms with Crippen LogP contribution in [0, 0.1) is 0 Å². The molecular formula is C15H19NO4. The van der Waals surface area contributed by atoms with E-state index in [0.29, 0.717) is 17.4 Å². The second-order valence-corrected chi connectivity index (χ2v) is 5.22. The summed E-state index contributed by atoms with van der Waals surface area (Å²) in [7, 11) is 0. The van der Waals surface area contributed by atoms with Crippen LogP contribution in [0.2, 0.25) is 0 Å². The zero-order valence-electron chi connectivity index (χ0n) is 11.8. The standard InChI is InChI=1S/C15H19NO4/c1-15(2,3)20-14(19)16-8-4-5-11-6-7-13(18)9-12(11)10-17/h4-7,9-10,18H,8H2,1-3H3,(H,16,19). The number of phenols is 1. The molecule has 0 heterocycles. The molecule has 0 fully saturated rings. The number of hydrogen-bond acceptors (Lipinski definition) is 4. The molecule has 1 aromatic rings. The number of ether oxygens (including phenoxy) is 1. The third kappa shape index (κ3) is 5.56. The molecular weight excluding hydrogens is 258 g/mol. The van der Waals surface area contributed by atoms with Crippen molar-refractivity contribution in [3.63, 3.8) is 0 Å². The van der Waals surface area contributed by atoms with Crippen LogP contribution in [0.4, 0.5) is 4.79 Å². The lowest BCUT2D eigenvalue weighted by molar-refractivity contribution is 0.0534. The van der Waals surface area contributed by atoms with Gasteiger partial charge in [-0.05, 0) is 38.5 Å². The monoisotopic (exact) mass is 277 g/mol. The molecule has 1 amide bonds. The Kier molecular flexibility index (Phi) is 5.32. The summed E-state index contributed by atoms with van der Waals surface area (Å²) in [5, 5.41) is 11.8. The Bertz CT molecular complexity index is 515. The van der Waals surface area contributed by atoms with Crippen LogP contribution in [-0.2, 0) is 4.74 Å². The zero-order valence-corrected chi connectivity index (χ0v) is 11.8. The highest BCUT2D eigenvalue weighted by Crippen LogP contribution is 2.16. The van der Waals surface area contributed by atoms with E-state index >= 15 is 0 Å². The molecule has 0 spiro atoms. The van der Waals surface area contributed by atoms with Crippen LogP contribution in [0.5, 0.6) is 5.75 Å². The van der Waals surface area contributed by atoms with Crippen molar-refractivity contribution in [1.29, 1.82) is 0 Å². The highest BCUT2D eigenvalue weighted by atomic mass is 16.6. The molecule has 0 saturated carbocycles. The second kappa shape index (κ2) is 6.75. The fourth-order valence-corrected chi connectivity index (χ4v) is 1.46. The first-order valence-corrected chi connectivity index (χ1v) is 6.23. The number of hydrogen-bond donors (Lipinski definition) is 2. The first-order valence-electron chi connectivity index (χ1n) is 6.23. The number of rotatable bonds is 4. The van der Waals surface area contributed by atoms with E-state index in [-0.39, 0.29) is 12.3 Å². The lowest BCUT2D eigenvalue weighted by Crippen LogP contribution is -2.32. The van der Waals surface area contributed by atoms with E-state index in [0.717, 1.165) is 0 Å².